The molecule has 4 rings (SSSR count). The minimum atomic E-state index is -4.41. The van der Waals surface area contributed by atoms with Crippen molar-refractivity contribution in [3.8, 4) is 0 Å². The predicted octanol–water partition coefficient (Wildman–Crippen LogP) is 3.61. The van der Waals surface area contributed by atoms with Crippen LogP contribution in [-0.2, 0) is 21.0 Å². The zero-order valence-electron chi connectivity index (χ0n) is 18.9. The summed E-state index contributed by atoms with van der Waals surface area (Å²) in [6.45, 7) is 6.29. The van der Waals surface area contributed by atoms with E-state index < -0.39 is 26.5 Å². The third-order valence-corrected chi connectivity index (χ3v) is 9.13. The van der Waals surface area contributed by atoms with Crippen LogP contribution in [0.2, 0.25) is 0 Å². The van der Waals surface area contributed by atoms with Crippen LogP contribution in [0.5, 0.6) is 0 Å². The van der Waals surface area contributed by atoms with Gasteiger partial charge in [-0.1, -0.05) is 18.2 Å². The summed E-state index contributed by atoms with van der Waals surface area (Å²) in [5, 5.41) is 0. The predicted molar refractivity (Wildman–Crippen MR) is 120 cm³/mol. The second-order valence-corrected chi connectivity index (χ2v) is 12.5. The standard InChI is InChI=1S/C23H28F3N3O3S/c1-22(2,3)33(31,32)29-13-16-12-27-20(18(16)14-29)21(30)28-10-8-15(9-11-28)17-6-4-5-7-19(17)23(24,25)26/h4-7,15H,8-14H2,1-3H3. The lowest BCUT2D eigenvalue weighted by atomic mass is 9.86. The Morgan fingerprint density at radius 2 is 1.70 bits per heavy atom. The van der Waals surface area contributed by atoms with Crippen LogP contribution in [0.15, 0.2) is 40.4 Å². The number of amides is 1. The van der Waals surface area contributed by atoms with Gasteiger partial charge in [0, 0.05) is 31.8 Å². The molecule has 3 heterocycles. The number of halogens is 3. The molecule has 0 aliphatic carbocycles. The van der Waals surface area contributed by atoms with Crippen molar-refractivity contribution >= 4 is 21.6 Å². The number of carbonyl (C=O) groups is 1. The summed E-state index contributed by atoms with van der Waals surface area (Å²) in [6.07, 6.45) is -3.54. The molecule has 6 nitrogen and oxygen atoms in total. The van der Waals surface area contributed by atoms with Crippen LogP contribution >= 0.6 is 0 Å². The Hall–Kier alpha value is -2.20. The maximum absolute atomic E-state index is 13.4. The Balaban J connectivity index is 1.43. The van der Waals surface area contributed by atoms with E-state index in [1.807, 2.05) is 0 Å². The molecule has 1 saturated heterocycles. The number of nitrogens with zero attached hydrogens (tertiary/aromatic N) is 3. The van der Waals surface area contributed by atoms with Crippen molar-refractivity contribution in [1.82, 2.24) is 9.21 Å². The van der Waals surface area contributed by atoms with Gasteiger partial charge < -0.3 is 4.90 Å². The zero-order chi connectivity index (χ0) is 24.2. The van der Waals surface area contributed by atoms with Crippen LogP contribution in [0.3, 0.4) is 0 Å². The largest absolute Gasteiger partial charge is 0.416 e. The van der Waals surface area contributed by atoms with Gasteiger partial charge in [0.2, 0.25) is 10.0 Å². The fourth-order valence-corrected chi connectivity index (χ4v) is 6.12. The van der Waals surface area contributed by atoms with Gasteiger partial charge in [0.05, 0.1) is 16.9 Å². The van der Waals surface area contributed by atoms with Gasteiger partial charge in [0.25, 0.3) is 5.91 Å². The zero-order valence-corrected chi connectivity index (χ0v) is 19.8. The molecule has 1 amide bonds. The maximum Gasteiger partial charge on any atom is 0.416 e. The Morgan fingerprint density at radius 3 is 2.30 bits per heavy atom. The highest BCUT2D eigenvalue weighted by Crippen LogP contribution is 2.39. The third-order valence-electron chi connectivity index (χ3n) is 6.65. The third kappa shape index (κ3) is 4.35. The molecule has 10 heteroatoms. The second kappa shape index (κ2) is 8.23. The van der Waals surface area contributed by atoms with Gasteiger partial charge in [0.1, 0.15) is 5.71 Å². The van der Waals surface area contributed by atoms with Crippen LogP contribution in [-0.4, -0.2) is 66.7 Å². The van der Waals surface area contributed by atoms with Gasteiger partial charge in [0.15, 0.2) is 0 Å². The number of likely N-dealkylation sites (tertiary alicyclic amines) is 1. The van der Waals surface area contributed by atoms with E-state index in [1.54, 1.807) is 31.7 Å². The van der Waals surface area contributed by atoms with Crippen molar-refractivity contribution < 1.29 is 26.4 Å². The molecule has 0 bridgehead atoms. The second-order valence-electron chi connectivity index (χ2n) is 9.78. The summed E-state index contributed by atoms with van der Waals surface area (Å²) in [4.78, 5) is 19.2. The molecule has 0 unspecified atom stereocenters. The molecular formula is C23H28F3N3O3S. The number of hydrogen-bond acceptors (Lipinski definition) is 4. The Morgan fingerprint density at radius 1 is 1.06 bits per heavy atom. The number of sulfonamides is 1. The van der Waals surface area contributed by atoms with Crippen molar-refractivity contribution in [2.75, 3.05) is 32.7 Å². The quantitative estimate of drug-likeness (QED) is 0.660. The number of benzene rings is 1. The highest BCUT2D eigenvalue weighted by molar-refractivity contribution is 7.90. The molecule has 3 aliphatic heterocycles. The molecule has 1 fully saturated rings. The lowest BCUT2D eigenvalue weighted by Crippen LogP contribution is -2.44. The van der Waals surface area contributed by atoms with E-state index in [-0.39, 0.29) is 30.5 Å². The van der Waals surface area contributed by atoms with Crippen molar-refractivity contribution in [2.24, 2.45) is 4.99 Å². The van der Waals surface area contributed by atoms with Gasteiger partial charge in [-0.3, -0.25) is 9.79 Å². The van der Waals surface area contributed by atoms with Crippen LogP contribution in [0, 0.1) is 0 Å². The molecule has 180 valence electrons. The van der Waals surface area contributed by atoms with Gasteiger partial charge in [-0.25, -0.2) is 8.42 Å². The van der Waals surface area contributed by atoms with E-state index in [1.165, 1.54) is 16.4 Å². The fraction of sp³-hybridized carbons (Fsp3) is 0.565. The Labute approximate surface area is 192 Å². The number of carbonyl (C=O) groups excluding carboxylic acids is 1. The summed E-state index contributed by atoms with van der Waals surface area (Å²) >= 11 is 0. The van der Waals surface area contributed by atoms with E-state index in [2.05, 4.69) is 4.99 Å². The van der Waals surface area contributed by atoms with E-state index in [4.69, 9.17) is 0 Å². The van der Waals surface area contributed by atoms with Crippen molar-refractivity contribution in [1.29, 1.82) is 0 Å². The van der Waals surface area contributed by atoms with E-state index >= 15 is 0 Å². The van der Waals surface area contributed by atoms with Gasteiger partial charge in [-0.2, -0.15) is 17.5 Å². The summed E-state index contributed by atoms with van der Waals surface area (Å²) in [7, 11) is -3.53. The lowest BCUT2D eigenvalue weighted by molar-refractivity contribution is -0.138. The smallest absolute Gasteiger partial charge is 0.337 e. The summed E-state index contributed by atoms with van der Waals surface area (Å²) < 4.78 is 66.3. The molecule has 0 saturated carbocycles. The molecule has 33 heavy (non-hydrogen) atoms. The first kappa shape index (κ1) is 23.9. The lowest BCUT2D eigenvalue weighted by Gasteiger charge is -2.33. The molecule has 0 atom stereocenters. The fourth-order valence-electron chi connectivity index (χ4n) is 4.72. The van der Waals surface area contributed by atoms with Crippen LogP contribution < -0.4 is 0 Å². The first-order valence-corrected chi connectivity index (χ1v) is 12.5. The molecule has 1 aromatic carbocycles. The summed E-state index contributed by atoms with van der Waals surface area (Å²) in [5.41, 5.74) is 1.48. The summed E-state index contributed by atoms with van der Waals surface area (Å²) in [5.74, 6) is -0.538. The minimum Gasteiger partial charge on any atom is -0.337 e. The summed E-state index contributed by atoms with van der Waals surface area (Å²) in [6, 6.07) is 5.62. The first-order chi connectivity index (χ1) is 15.3. The van der Waals surface area contributed by atoms with Gasteiger partial charge in [-0.15, -0.1) is 0 Å². The van der Waals surface area contributed by atoms with Crippen molar-refractivity contribution in [3.05, 3.63) is 46.5 Å². The van der Waals surface area contributed by atoms with Crippen molar-refractivity contribution in [2.45, 2.75) is 50.5 Å². The highest BCUT2D eigenvalue weighted by atomic mass is 32.2. The van der Waals surface area contributed by atoms with Crippen LogP contribution in [0.4, 0.5) is 13.2 Å². The van der Waals surface area contributed by atoms with Crippen LogP contribution in [0.1, 0.15) is 50.7 Å². The molecule has 0 radical (unpaired) electrons. The molecule has 0 spiro atoms. The first-order valence-electron chi connectivity index (χ1n) is 11.0. The molecule has 0 N–H and O–H groups in total. The number of piperidine rings is 1. The number of hydrogen-bond donors (Lipinski definition) is 0. The van der Waals surface area contributed by atoms with Crippen molar-refractivity contribution in [3.63, 3.8) is 0 Å². The number of alkyl halides is 3. The van der Waals surface area contributed by atoms with E-state index in [9.17, 15) is 26.4 Å². The number of rotatable bonds is 3. The number of aliphatic imine (C=N–C) groups is 1. The topological polar surface area (TPSA) is 70.1 Å². The average molecular weight is 484 g/mol. The average Bonchev–Trinajstić information content (AvgIpc) is 3.33. The van der Waals surface area contributed by atoms with E-state index in [0.717, 1.165) is 11.6 Å². The Kier molecular flexibility index (Phi) is 5.97. The molecule has 0 aromatic heterocycles. The monoisotopic (exact) mass is 483 g/mol. The minimum absolute atomic E-state index is 0.134. The van der Waals surface area contributed by atoms with E-state index in [0.29, 0.717) is 43.8 Å². The SMILES string of the molecule is CC(C)(C)S(=O)(=O)N1CC2=C(C1)C(C(=O)N1CCC(c3ccccc3C(F)(F)F)CC1)=NC2. The Bertz CT molecular complexity index is 1130. The van der Waals surface area contributed by atoms with Gasteiger partial charge in [-0.05, 0) is 56.7 Å². The van der Waals surface area contributed by atoms with Gasteiger partial charge >= 0.3 is 6.18 Å². The highest BCUT2D eigenvalue weighted by Gasteiger charge is 2.43. The molecule has 3 aliphatic rings. The molecule has 1 aromatic rings. The van der Waals surface area contributed by atoms with Crippen LogP contribution in [0.25, 0.3) is 0 Å². The molecular weight excluding hydrogens is 455 g/mol. The maximum atomic E-state index is 13.4. The normalized spacial score (nSPS) is 20.9.